The van der Waals surface area contributed by atoms with Crippen LogP contribution in [0.5, 0.6) is 0 Å². The lowest BCUT2D eigenvalue weighted by molar-refractivity contribution is 0.126. The molecule has 0 saturated carbocycles. The molecule has 0 aromatic heterocycles. The Labute approximate surface area is 116 Å². The van der Waals surface area contributed by atoms with Gasteiger partial charge in [0.1, 0.15) is 5.25 Å². The minimum absolute atomic E-state index is 0.229. The van der Waals surface area contributed by atoms with Crippen molar-refractivity contribution in [2.45, 2.75) is 31.2 Å². The number of hydrogen-bond donors (Lipinski definition) is 1. The Hall–Kier alpha value is -0.430. The smallest absolute Gasteiger partial charge is 0.217 e. The van der Waals surface area contributed by atoms with Crippen LogP contribution in [0.25, 0.3) is 0 Å². The molecule has 0 amide bonds. The zero-order chi connectivity index (χ0) is 13.2. The minimum Gasteiger partial charge on any atom is -0.377 e. The Bertz CT molecular complexity index is 501. The predicted octanol–water partition coefficient (Wildman–Crippen LogP) is 2.05. The van der Waals surface area contributed by atoms with E-state index in [1.807, 2.05) is 24.3 Å². The number of nitrogens with one attached hydrogen (secondary N) is 1. The monoisotopic (exact) mass is 333 g/mol. The Morgan fingerprint density at radius 2 is 2.06 bits per heavy atom. The van der Waals surface area contributed by atoms with Gasteiger partial charge >= 0.3 is 0 Å². The van der Waals surface area contributed by atoms with Gasteiger partial charge in [-0.05, 0) is 31.0 Å². The maximum Gasteiger partial charge on any atom is 0.217 e. The van der Waals surface area contributed by atoms with Crippen molar-refractivity contribution in [1.29, 1.82) is 0 Å². The fraction of sp³-hybridized carbons (Fsp3) is 0.500. The van der Waals surface area contributed by atoms with E-state index in [1.54, 1.807) is 6.92 Å². The molecule has 1 aromatic rings. The van der Waals surface area contributed by atoms with Crippen LogP contribution in [-0.2, 0) is 21.3 Å². The Balaban J connectivity index is 1.98. The summed E-state index contributed by atoms with van der Waals surface area (Å²) in [7, 11) is -3.30. The predicted molar refractivity (Wildman–Crippen MR) is 73.7 cm³/mol. The first-order valence-corrected chi connectivity index (χ1v) is 8.17. The fourth-order valence-corrected chi connectivity index (χ4v) is 3.85. The van der Waals surface area contributed by atoms with Crippen LogP contribution in [0.15, 0.2) is 28.7 Å². The first-order chi connectivity index (χ1) is 8.49. The number of hydrogen-bond acceptors (Lipinski definition) is 3. The molecule has 1 aromatic carbocycles. The molecule has 1 N–H and O–H groups in total. The van der Waals surface area contributed by atoms with Crippen LogP contribution in [-0.4, -0.2) is 26.4 Å². The second-order valence-corrected chi connectivity index (χ2v) is 7.30. The highest BCUT2D eigenvalue weighted by Crippen LogP contribution is 2.20. The van der Waals surface area contributed by atoms with Crippen molar-refractivity contribution in [2.24, 2.45) is 0 Å². The third kappa shape index (κ3) is 3.32. The third-order valence-electron chi connectivity index (χ3n) is 3.10. The maximum atomic E-state index is 12.1. The van der Waals surface area contributed by atoms with Crippen molar-refractivity contribution in [3.8, 4) is 0 Å². The average molecular weight is 334 g/mol. The molecule has 2 atom stereocenters. The standard InChI is InChI=1S/C12H16BrNO3S/c1-9-12(6-7-17-9)18(15,16)14-8-10-2-4-11(13)5-3-10/h2-5,9,12,14H,6-8H2,1H3/t9-,12+/m1/s1. The van der Waals surface area contributed by atoms with Gasteiger partial charge in [0, 0.05) is 17.6 Å². The van der Waals surface area contributed by atoms with Gasteiger partial charge in [0.05, 0.1) is 6.10 Å². The number of halogens is 1. The van der Waals surface area contributed by atoms with Crippen LogP contribution in [0.2, 0.25) is 0 Å². The zero-order valence-corrected chi connectivity index (χ0v) is 12.5. The summed E-state index contributed by atoms with van der Waals surface area (Å²) >= 11 is 3.34. The van der Waals surface area contributed by atoms with E-state index < -0.39 is 15.3 Å². The van der Waals surface area contributed by atoms with E-state index >= 15 is 0 Å². The summed E-state index contributed by atoms with van der Waals surface area (Å²) in [6.45, 7) is 2.64. The van der Waals surface area contributed by atoms with E-state index in [0.717, 1.165) is 10.0 Å². The van der Waals surface area contributed by atoms with Crippen molar-refractivity contribution in [1.82, 2.24) is 4.72 Å². The molecule has 1 aliphatic rings. The summed E-state index contributed by atoms with van der Waals surface area (Å²) in [6, 6.07) is 7.57. The van der Waals surface area contributed by atoms with Crippen molar-refractivity contribution < 1.29 is 13.2 Å². The van der Waals surface area contributed by atoms with Crippen molar-refractivity contribution in [2.75, 3.05) is 6.61 Å². The number of benzene rings is 1. The van der Waals surface area contributed by atoms with E-state index in [0.29, 0.717) is 19.6 Å². The highest BCUT2D eigenvalue weighted by atomic mass is 79.9. The molecule has 2 rings (SSSR count). The number of rotatable bonds is 4. The summed E-state index contributed by atoms with van der Waals surface area (Å²) in [5.41, 5.74) is 0.938. The molecule has 0 unspecified atom stereocenters. The van der Waals surface area contributed by atoms with E-state index in [2.05, 4.69) is 20.7 Å². The number of ether oxygens (including phenoxy) is 1. The minimum atomic E-state index is -3.30. The van der Waals surface area contributed by atoms with Gasteiger partial charge in [0.15, 0.2) is 0 Å². The van der Waals surface area contributed by atoms with Gasteiger partial charge in [-0.25, -0.2) is 13.1 Å². The first kappa shape index (κ1) is 14.0. The molecular weight excluding hydrogens is 318 g/mol. The van der Waals surface area contributed by atoms with Gasteiger partial charge in [-0.3, -0.25) is 0 Å². The fourth-order valence-electron chi connectivity index (χ4n) is 2.01. The highest BCUT2D eigenvalue weighted by molar-refractivity contribution is 9.10. The van der Waals surface area contributed by atoms with Gasteiger partial charge in [-0.2, -0.15) is 0 Å². The molecule has 0 spiro atoms. The van der Waals surface area contributed by atoms with Crippen LogP contribution in [0, 0.1) is 0 Å². The molecule has 0 radical (unpaired) electrons. The lowest BCUT2D eigenvalue weighted by atomic mass is 10.2. The van der Waals surface area contributed by atoms with Crippen LogP contribution in [0.4, 0.5) is 0 Å². The molecular formula is C12H16BrNO3S. The van der Waals surface area contributed by atoms with E-state index in [1.165, 1.54) is 0 Å². The zero-order valence-electron chi connectivity index (χ0n) is 10.1. The maximum absolute atomic E-state index is 12.1. The lowest BCUT2D eigenvalue weighted by Crippen LogP contribution is -2.37. The van der Waals surface area contributed by atoms with Gasteiger partial charge < -0.3 is 4.74 Å². The highest BCUT2D eigenvalue weighted by Gasteiger charge is 2.35. The summed E-state index contributed by atoms with van der Waals surface area (Å²) in [4.78, 5) is 0. The normalized spacial score (nSPS) is 24.3. The van der Waals surface area contributed by atoms with Gasteiger partial charge in [-0.15, -0.1) is 0 Å². The van der Waals surface area contributed by atoms with Crippen LogP contribution in [0.1, 0.15) is 18.9 Å². The van der Waals surface area contributed by atoms with Crippen molar-refractivity contribution in [3.63, 3.8) is 0 Å². The second-order valence-electron chi connectivity index (χ2n) is 4.40. The van der Waals surface area contributed by atoms with Crippen LogP contribution < -0.4 is 4.72 Å². The SMILES string of the molecule is C[C@H]1OCC[C@@H]1S(=O)(=O)NCc1ccc(Br)cc1. The van der Waals surface area contributed by atoms with Gasteiger partial charge in [0.2, 0.25) is 10.0 Å². The van der Waals surface area contributed by atoms with Crippen LogP contribution in [0.3, 0.4) is 0 Å². The summed E-state index contributed by atoms with van der Waals surface area (Å²) in [5, 5.41) is -0.437. The summed E-state index contributed by atoms with van der Waals surface area (Å²) in [6.07, 6.45) is 0.337. The topological polar surface area (TPSA) is 55.4 Å². The van der Waals surface area contributed by atoms with Crippen molar-refractivity contribution >= 4 is 26.0 Å². The lowest BCUT2D eigenvalue weighted by Gasteiger charge is -2.15. The molecule has 1 heterocycles. The molecule has 1 saturated heterocycles. The Kier molecular flexibility index (Phi) is 4.42. The quantitative estimate of drug-likeness (QED) is 0.917. The van der Waals surface area contributed by atoms with Crippen molar-refractivity contribution in [3.05, 3.63) is 34.3 Å². The largest absolute Gasteiger partial charge is 0.377 e. The van der Waals surface area contributed by atoms with E-state index in [4.69, 9.17) is 4.74 Å². The van der Waals surface area contributed by atoms with E-state index in [-0.39, 0.29) is 6.10 Å². The molecule has 100 valence electrons. The van der Waals surface area contributed by atoms with Gasteiger partial charge in [0.25, 0.3) is 0 Å². The average Bonchev–Trinajstić information content (AvgIpc) is 2.76. The molecule has 18 heavy (non-hydrogen) atoms. The third-order valence-corrected chi connectivity index (χ3v) is 5.59. The number of sulfonamides is 1. The first-order valence-electron chi connectivity index (χ1n) is 5.83. The summed E-state index contributed by atoms with van der Waals surface area (Å²) in [5.74, 6) is 0. The van der Waals surface area contributed by atoms with Gasteiger partial charge in [-0.1, -0.05) is 28.1 Å². The molecule has 1 fully saturated rings. The molecule has 0 aliphatic carbocycles. The second kappa shape index (κ2) is 5.69. The molecule has 4 nitrogen and oxygen atoms in total. The molecule has 1 aliphatic heterocycles. The van der Waals surface area contributed by atoms with E-state index in [9.17, 15) is 8.42 Å². The molecule has 0 bridgehead atoms. The summed E-state index contributed by atoms with van der Waals surface area (Å²) < 4.78 is 33.1. The molecule has 6 heteroatoms. The Morgan fingerprint density at radius 3 is 2.61 bits per heavy atom. The van der Waals surface area contributed by atoms with Crippen LogP contribution >= 0.6 is 15.9 Å². The Morgan fingerprint density at radius 1 is 1.39 bits per heavy atom.